The Hall–Kier alpha value is -1.99. The molecular weight excluding hydrogens is 280 g/mol. The van der Waals surface area contributed by atoms with E-state index in [1.54, 1.807) is 18.4 Å². The van der Waals surface area contributed by atoms with Crippen molar-refractivity contribution in [3.63, 3.8) is 0 Å². The highest BCUT2D eigenvalue weighted by molar-refractivity contribution is 7.12. The fourth-order valence-corrected chi connectivity index (χ4v) is 3.06. The fraction of sp³-hybridized carbons (Fsp3) is 0.353. The zero-order chi connectivity index (χ0) is 15.5. The highest BCUT2D eigenvalue weighted by Crippen LogP contribution is 2.34. The quantitative estimate of drug-likeness (QED) is 0.887. The number of methoxy groups -OCH3 is 1. The second-order valence-corrected chi connectivity index (χ2v) is 6.97. The number of hydrogen-bond donors (Lipinski definition) is 1. The van der Waals surface area contributed by atoms with Crippen LogP contribution in [0.5, 0.6) is 5.75 Å². The Labute approximate surface area is 130 Å². The third kappa shape index (κ3) is 3.56. The molecule has 1 aromatic carbocycles. The minimum atomic E-state index is -0.373. The van der Waals surface area contributed by atoms with Crippen molar-refractivity contribution in [3.8, 4) is 11.8 Å². The molecule has 0 fully saturated rings. The maximum atomic E-state index is 9.47. The number of hydrogen-bond acceptors (Lipinski definition) is 4. The lowest BCUT2D eigenvalue weighted by molar-refractivity contribution is 0.416. The van der Waals surface area contributed by atoms with E-state index in [9.17, 15) is 5.26 Å². The van der Waals surface area contributed by atoms with E-state index in [0.29, 0.717) is 0 Å². The maximum absolute atomic E-state index is 9.47. The van der Waals surface area contributed by atoms with Gasteiger partial charge in [0.05, 0.1) is 18.9 Å². The van der Waals surface area contributed by atoms with Crippen molar-refractivity contribution in [1.29, 1.82) is 5.26 Å². The van der Waals surface area contributed by atoms with E-state index >= 15 is 0 Å². The van der Waals surface area contributed by atoms with Crippen molar-refractivity contribution in [2.24, 2.45) is 0 Å². The van der Waals surface area contributed by atoms with Crippen molar-refractivity contribution in [2.75, 3.05) is 12.4 Å². The van der Waals surface area contributed by atoms with Gasteiger partial charge in [0.1, 0.15) is 11.8 Å². The van der Waals surface area contributed by atoms with E-state index in [1.165, 1.54) is 4.88 Å². The molecule has 21 heavy (non-hydrogen) atoms. The third-order valence-electron chi connectivity index (χ3n) is 3.19. The van der Waals surface area contributed by atoms with E-state index in [2.05, 4.69) is 38.2 Å². The van der Waals surface area contributed by atoms with Crippen LogP contribution in [0.1, 0.15) is 36.6 Å². The predicted octanol–water partition coefficient (Wildman–Crippen LogP) is 4.73. The van der Waals surface area contributed by atoms with E-state index in [-0.39, 0.29) is 11.5 Å². The third-order valence-corrected chi connectivity index (χ3v) is 4.76. The summed E-state index contributed by atoms with van der Waals surface area (Å²) < 4.78 is 5.32. The lowest BCUT2D eigenvalue weighted by Gasteiger charge is -2.16. The largest absolute Gasteiger partial charge is 0.495 e. The first-order valence-electron chi connectivity index (χ1n) is 6.85. The molecule has 110 valence electrons. The summed E-state index contributed by atoms with van der Waals surface area (Å²) in [6.07, 6.45) is 0. The zero-order valence-corrected chi connectivity index (χ0v) is 13.6. The van der Waals surface area contributed by atoms with Crippen LogP contribution in [-0.4, -0.2) is 7.11 Å². The first-order chi connectivity index (χ1) is 9.95. The summed E-state index contributed by atoms with van der Waals surface area (Å²) in [4.78, 5) is 2.30. The molecule has 0 spiro atoms. The van der Waals surface area contributed by atoms with Crippen molar-refractivity contribution in [2.45, 2.75) is 32.2 Å². The Bertz CT molecular complexity index is 649. The van der Waals surface area contributed by atoms with E-state index in [0.717, 1.165) is 16.3 Å². The first-order valence-corrected chi connectivity index (χ1v) is 7.66. The zero-order valence-electron chi connectivity index (χ0n) is 12.8. The summed E-state index contributed by atoms with van der Waals surface area (Å²) in [5.74, 6) is 0.741. The van der Waals surface area contributed by atoms with Gasteiger partial charge in [-0.15, -0.1) is 11.3 Å². The topological polar surface area (TPSA) is 45.0 Å². The van der Waals surface area contributed by atoms with Crippen molar-refractivity contribution in [1.82, 2.24) is 0 Å². The molecule has 1 heterocycles. The molecule has 1 atom stereocenters. The lowest BCUT2D eigenvalue weighted by Crippen LogP contribution is -2.09. The minimum absolute atomic E-state index is 0.105. The maximum Gasteiger partial charge on any atom is 0.149 e. The van der Waals surface area contributed by atoms with Gasteiger partial charge in [-0.3, -0.25) is 0 Å². The van der Waals surface area contributed by atoms with E-state index in [1.807, 2.05) is 30.3 Å². The molecule has 0 aliphatic carbocycles. The van der Waals surface area contributed by atoms with Crippen LogP contribution in [0.15, 0.2) is 36.4 Å². The lowest BCUT2D eigenvalue weighted by atomic mass is 9.95. The number of nitrogens with one attached hydrogen (secondary N) is 1. The molecule has 0 aliphatic heterocycles. The molecule has 0 saturated carbocycles. The molecular formula is C17H20N2OS. The van der Waals surface area contributed by atoms with E-state index in [4.69, 9.17) is 4.74 Å². The number of rotatable bonds is 4. The Balaban J connectivity index is 2.25. The number of anilines is 1. The van der Waals surface area contributed by atoms with Crippen LogP contribution in [0, 0.1) is 11.3 Å². The van der Waals surface area contributed by atoms with Gasteiger partial charge >= 0.3 is 0 Å². The molecule has 4 heteroatoms. The summed E-state index contributed by atoms with van der Waals surface area (Å²) >= 11 is 1.68. The minimum Gasteiger partial charge on any atom is -0.495 e. The van der Waals surface area contributed by atoms with Gasteiger partial charge in [0, 0.05) is 9.75 Å². The van der Waals surface area contributed by atoms with Crippen LogP contribution < -0.4 is 10.1 Å². The van der Waals surface area contributed by atoms with Gasteiger partial charge in [-0.05, 0) is 29.7 Å². The van der Waals surface area contributed by atoms with Gasteiger partial charge < -0.3 is 10.1 Å². The molecule has 2 aromatic rings. The van der Waals surface area contributed by atoms with Gasteiger partial charge in [-0.25, -0.2) is 0 Å². The number of nitrogens with zero attached hydrogens (tertiary/aromatic N) is 1. The number of benzene rings is 1. The summed E-state index contributed by atoms with van der Waals surface area (Å²) in [6.45, 7) is 6.53. The van der Waals surface area contributed by atoms with Gasteiger partial charge in [-0.1, -0.05) is 32.9 Å². The van der Waals surface area contributed by atoms with Crippen LogP contribution >= 0.6 is 11.3 Å². The molecule has 0 saturated heterocycles. The molecule has 1 N–H and O–H groups in total. The van der Waals surface area contributed by atoms with Gasteiger partial charge in [0.15, 0.2) is 0 Å². The van der Waals surface area contributed by atoms with Crippen LogP contribution in [0.25, 0.3) is 0 Å². The number of para-hydroxylation sites is 2. The summed E-state index contributed by atoms with van der Waals surface area (Å²) in [6, 6.07) is 13.7. The van der Waals surface area contributed by atoms with Gasteiger partial charge in [-0.2, -0.15) is 5.26 Å². The number of ether oxygens (including phenoxy) is 1. The standard InChI is InChI=1S/C17H20N2OS/c1-17(2,3)16-10-9-15(21-16)13(11-18)19-12-7-5-6-8-14(12)20-4/h5-10,13,19H,1-4H3. The molecule has 2 rings (SSSR count). The van der Waals surface area contributed by atoms with Crippen molar-refractivity contribution < 1.29 is 4.74 Å². The number of nitriles is 1. The average Bonchev–Trinajstić information content (AvgIpc) is 2.94. The molecule has 0 bridgehead atoms. The van der Waals surface area contributed by atoms with Crippen molar-refractivity contribution >= 4 is 17.0 Å². The Morgan fingerprint density at radius 3 is 2.48 bits per heavy atom. The number of thiophene rings is 1. The molecule has 1 unspecified atom stereocenters. The smallest absolute Gasteiger partial charge is 0.149 e. The summed E-state index contributed by atoms with van der Waals surface area (Å²) in [5.41, 5.74) is 0.935. The van der Waals surface area contributed by atoms with Gasteiger partial charge in [0.2, 0.25) is 0 Å². The van der Waals surface area contributed by atoms with Crippen molar-refractivity contribution in [3.05, 3.63) is 46.2 Å². The van der Waals surface area contributed by atoms with Crippen LogP contribution in [0.4, 0.5) is 5.69 Å². The predicted molar refractivity (Wildman–Crippen MR) is 88.0 cm³/mol. The Morgan fingerprint density at radius 2 is 1.90 bits per heavy atom. The van der Waals surface area contributed by atoms with E-state index < -0.39 is 0 Å². The highest BCUT2D eigenvalue weighted by atomic mass is 32.1. The normalized spacial score (nSPS) is 12.5. The van der Waals surface area contributed by atoms with Crippen LogP contribution in [0.3, 0.4) is 0 Å². The Kier molecular flexibility index (Phi) is 4.54. The van der Waals surface area contributed by atoms with Gasteiger partial charge in [0.25, 0.3) is 0 Å². The van der Waals surface area contributed by atoms with Crippen LogP contribution in [-0.2, 0) is 5.41 Å². The summed E-state index contributed by atoms with van der Waals surface area (Å²) in [5, 5.41) is 12.7. The molecule has 0 radical (unpaired) electrons. The fourth-order valence-electron chi connectivity index (χ4n) is 2.00. The SMILES string of the molecule is COc1ccccc1NC(C#N)c1ccc(C(C)(C)C)s1. The second-order valence-electron chi connectivity index (χ2n) is 5.86. The average molecular weight is 300 g/mol. The first kappa shape index (κ1) is 15.4. The summed E-state index contributed by atoms with van der Waals surface area (Å²) in [7, 11) is 1.63. The molecule has 0 amide bonds. The molecule has 3 nitrogen and oxygen atoms in total. The monoisotopic (exact) mass is 300 g/mol. The molecule has 0 aliphatic rings. The Morgan fingerprint density at radius 1 is 1.19 bits per heavy atom. The van der Waals surface area contributed by atoms with Crippen LogP contribution in [0.2, 0.25) is 0 Å². The second kappa shape index (κ2) is 6.19. The highest BCUT2D eigenvalue weighted by Gasteiger charge is 2.20. The molecule has 1 aromatic heterocycles.